The molecule has 0 saturated heterocycles. The zero-order valence-corrected chi connectivity index (χ0v) is 14.8. The molecule has 1 N–H and O–H groups in total. The van der Waals surface area contributed by atoms with Gasteiger partial charge in [0, 0.05) is 12.6 Å². The summed E-state index contributed by atoms with van der Waals surface area (Å²) in [6, 6.07) is 7.24. The molecule has 1 aromatic rings. The molecule has 1 aromatic carbocycles. The van der Waals surface area contributed by atoms with Crippen LogP contribution in [0.25, 0.3) is 6.08 Å². The Morgan fingerprint density at radius 1 is 1.36 bits per heavy atom. The van der Waals surface area contributed by atoms with E-state index < -0.39 is 0 Å². The third-order valence-electron chi connectivity index (χ3n) is 4.47. The number of nitriles is 1. The summed E-state index contributed by atoms with van der Waals surface area (Å²) in [7, 11) is 1.54. The first-order valence-corrected chi connectivity index (χ1v) is 8.86. The quantitative estimate of drug-likeness (QED) is 0.549. The number of hydrogen-bond acceptors (Lipinski definition) is 4. The van der Waals surface area contributed by atoms with Crippen molar-refractivity contribution < 1.29 is 14.3 Å². The van der Waals surface area contributed by atoms with Gasteiger partial charge in [0.15, 0.2) is 18.1 Å². The average Bonchev–Trinajstić information content (AvgIpc) is 3.15. The van der Waals surface area contributed by atoms with Crippen LogP contribution < -0.4 is 14.8 Å². The van der Waals surface area contributed by atoms with Gasteiger partial charge in [0.1, 0.15) is 6.07 Å². The van der Waals surface area contributed by atoms with Gasteiger partial charge in [-0.1, -0.05) is 31.7 Å². The van der Waals surface area contributed by atoms with Gasteiger partial charge in [-0.05, 0) is 42.5 Å². The van der Waals surface area contributed by atoms with Crippen LogP contribution in [0, 0.1) is 17.2 Å². The van der Waals surface area contributed by atoms with Crippen molar-refractivity contribution in [2.75, 3.05) is 20.3 Å². The molecule has 0 radical (unpaired) electrons. The lowest BCUT2D eigenvalue weighted by molar-refractivity contribution is -0.116. The largest absolute Gasteiger partial charge is 0.493 e. The van der Waals surface area contributed by atoms with Crippen molar-refractivity contribution in [1.82, 2.24) is 5.32 Å². The SMILES string of the molecule is COc1cc(/C=C/C(=O)NCCCC2CCCC2)ccc1OCC#N. The topological polar surface area (TPSA) is 71.3 Å². The first kappa shape index (κ1) is 18.9. The van der Waals surface area contributed by atoms with Gasteiger partial charge in [-0.25, -0.2) is 0 Å². The van der Waals surface area contributed by atoms with Crippen LogP contribution in [0.15, 0.2) is 24.3 Å². The lowest BCUT2D eigenvalue weighted by Gasteiger charge is -2.09. The molecule has 0 heterocycles. The predicted octanol–water partition coefficient (Wildman–Crippen LogP) is 3.70. The fourth-order valence-corrected chi connectivity index (χ4v) is 3.15. The molecule has 2 rings (SSSR count). The molecule has 0 bridgehead atoms. The fraction of sp³-hybridized carbons (Fsp3) is 0.500. The third kappa shape index (κ3) is 6.50. The summed E-state index contributed by atoms with van der Waals surface area (Å²) >= 11 is 0. The smallest absolute Gasteiger partial charge is 0.243 e. The van der Waals surface area contributed by atoms with Crippen molar-refractivity contribution in [3.05, 3.63) is 29.8 Å². The second kappa shape index (κ2) is 10.4. The first-order chi connectivity index (χ1) is 12.2. The maximum Gasteiger partial charge on any atom is 0.243 e. The molecule has 0 aliphatic heterocycles. The van der Waals surface area contributed by atoms with Gasteiger partial charge in [0.25, 0.3) is 0 Å². The highest BCUT2D eigenvalue weighted by atomic mass is 16.5. The van der Waals surface area contributed by atoms with Crippen LogP contribution in [0.2, 0.25) is 0 Å². The van der Waals surface area contributed by atoms with E-state index in [-0.39, 0.29) is 12.5 Å². The van der Waals surface area contributed by atoms with E-state index in [1.807, 2.05) is 12.1 Å². The summed E-state index contributed by atoms with van der Waals surface area (Å²) < 4.78 is 10.5. The van der Waals surface area contributed by atoms with E-state index in [0.717, 1.165) is 24.4 Å². The number of nitrogens with zero attached hydrogens (tertiary/aromatic N) is 1. The second-order valence-electron chi connectivity index (χ2n) is 6.27. The normalized spacial score (nSPS) is 14.4. The minimum absolute atomic E-state index is 0.0329. The van der Waals surface area contributed by atoms with E-state index in [2.05, 4.69) is 5.32 Å². The van der Waals surface area contributed by atoms with Crippen LogP contribution in [-0.2, 0) is 4.79 Å². The van der Waals surface area contributed by atoms with Crippen LogP contribution in [0.4, 0.5) is 0 Å². The lowest BCUT2D eigenvalue weighted by atomic mass is 10.0. The number of carbonyl (C=O) groups is 1. The molecular weight excluding hydrogens is 316 g/mol. The molecule has 0 spiro atoms. The van der Waals surface area contributed by atoms with Crippen molar-refractivity contribution in [2.24, 2.45) is 5.92 Å². The lowest BCUT2D eigenvalue weighted by Crippen LogP contribution is -2.22. The third-order valence-corrected chi connectivity index (χ3v) is 4.47. The van der Waals surface area contributed by atoms with Gasteiger partial charge in [-0.2, -0.15) is 5.26 Å². The molecule has 1 aliphatic carbocycles. The van der Waals surface area contributed by atoms with E-state index >= 15 is 0 Å². The molecule has 134 valence electrons. The maximum absolute atomic E-state index is 11.9. The Morgan fingerprint density at radius 3 is 2.88 bits per heavy atom. The van der Waals surface area contributed by atoms with Gasteiger partial charge in [0.2, 0.25) is 5.91 Å². The van der Waals surface area contributed by atoms with Crippen LogP contribution in [0.3, 0.4) is 0 Å². The minimum atomic E-state index is -0.0878. The Kier molecular flexibility index (Phi) is 7.84. The highest BCUT2D eigenvalue weighted by Gasteiger charge is 2.14. The van der Waals surface area contributed by atoms with Crippen LogP contribution in [-0.4, -0.2) is 26.2 Å². The van der Waals surface area contributed by atoms with Crippen LogP contribution >= 0.6 is 0 Å². The van der Waals surface area contributed by atoms with E-state index in [9.17, 15) is 4.79 Å². The molecule has 0 unspecified atom stereocenters. The van der Waals surface area contributed by atoms with Gasteiger partial charge < -0.3 is 14.8 Å². The fourth-order valence-electron chi connectivity index (χ4n) is 3.15. The summed E-state index contributed by atoms with van der Waals surface area (Å²) in [6.07, 6.45) is 11.0. The van der Waals surface area contributed by atoms with Crippen molar-refractivity contribution in [3.8, 4) is 17.6 Å². The number of methoxy groups -OCH3 is 1. The Hall–Kier alpha value is -2.48. The van der Waals surface area contributed by atoms with Gasteiger partial charge in [-0.15, -0.1) is 0 Å². The molecular formula is C20H26N2O3. The second-order valence-corrected chi connectivity index (χ2v) is 6.27. The van der Waals surface area contributed by atoms with E-state index in [4.69, 9.17) is 14.7 Å². The summed E-state index contributed by atoms with van der Waals surface area (Å²) in [5.41, 5.74) is 0.835. The monoisotopic (exact) mass is 342 g/mol. The summed E-state index contributed by atoms with van der Waals surface area (Å²) in [6.45, 7) is 0.693. The van der Waals surface area contributed by atoms with E-state index in [1.54, 1.807) is 25.3 Å². The summed E-state index contributed by atoms with van der Waals surface area (Å²) in [5, 5.41) is 11.5. The van der Waals surface area contributed by atoms with Crippen LogP contribution in [0.5, 0.6) is 11.5 Å². The number of rotatable bonds is 9. The number of carbonyl (C=O) groups excluding carboxylic acids is 1. The Balaban J connectivity index is 1.77. The van der Waals surface area contributed by atoms with Gasteiger partial charge in [-0.3, -0.25) is 4.79 Å². The Morgan fingerprint density at radius 2 is 2.16 bits per heavy atom. The highest BCUT2D eigenvalue weighted by molar-refractivity contribution is 5.91. The zero-order chi connectivity index (χ0) is 17.9. The molecule has 1 aliphatic rings. The predicted molar refractivity (Wildman–Crippen MR) is 97.3 cm³/mol. The highest BCUT2D eigenvalue weighted by Crippen LogP contribution is 2.29. The Labute approximate surface area is 149 Å². The maximum atomic E-state index is 11.9. The zero-order valence-electron chi connectivity index (χ0n) is 14.8. The average molecular weight is 342 g/mol. The number of amides is 1. The molecule has 1 saturated carbocycles. The standard InChI is InChI=1S/C20H26N2O3/c1-24-19-15-17(8-10-18(19)25-14-12-21)9-11-20(23)22-13-4-7-16-5-2-3-6-16/h8-11,15-16H,2-7,13-14H2,1H3,(H,22,23)/b11-9+. The van der Waals surface area contributed by atoms with E-state index in [1.165, 1.54) is 38.2 Å². The Bertz CT molecular complexity index is 628. The van der Waals surface area contributed by atoms with Crippen molar-refractivity contribution in [3.63, 3.8) is 0 Å². The molecule has 5 nitrogen and oxygen atoms in total. The van der Waals surface area contributed by atoms with E-state index in [0.29, 0.717) is 11.5 Å². The van der Waals surface area contributed by atoms with Crippen molar-refractivity contribution in [1.29, 1.82) is 5.26 Å². The number of hydrogen-bond donors (Lipinski definition) is 1. The summed E-state index contributed by atoms with van der Waals surface area (Å²) in [4.78, 5) is 11.9. The number of ether oxygens (including phenoxy) is 2. The minimum Gasteiger partial charge on any atom is -0.493 e. The first-order valence-electron chi connectivity index (χ1n) is 8.86. The molecule has 25 heavy (non-hydrogen) atoms. The summed E-state index contributed by atoms with van der Waals surface area (Å²) in [5.74, 6) is 1.82. The molecule has 5 heteroatoms. The van der Waals surface area contributed by atoms with Crippen molar-refractivity contribution in [2.45, 2.75) is 38.5 Å². The number of nitrogens with one attached hydrogen (secondary N) is 1. The molecule has 1 fully saturated rings. The molecule has 1 amide bonds. The molecule has 0 aromatic heterocycles. The van der Waals surface area contributed by atoms with Gasteiger partial charge >= 0.3 is 0 Å². The van der Waals surface area contributed by atoms with Crippen molar-refractivity contribution >= 4 is 12.0 Å². The van der Waals surface area contributed by atoms with Crippen LogP contribution in [0.1, 0.15) is 44.1 Å². The molecule has 0 atom stereocenters. The number of benzene rings is 1. The van der Waals surface area contributed by atoms with Gasteiger partial charge in [0.05, 0.1) is 7.11 Å².